The van der Waals surface area contributed by atoms with Gasteiger partial charge in [-0.25, -0.2) is 14.6 Å². The molecule has 1 aliphatic heterocycles. The van der Waals surface area contributed by atoms with Gasteiger partial charge in [0.2, 0.25) is 5.91 Å². The highest BCUT2D eigenvalue weighted by atomic mass is 16.7. The summed E-state index contributed by atoms with van der Waals surface area (Å²) in [4.78, 5) is 47.6. The van der Waals surface area contributed by atoms with Gasteiger partial charge in [0, 0.05) is 50.8 Å². The molecule has 10 nitrogen and oxygen atoms in total. The van der Waals surface area contributed by atoms with Crippen LogP contribution >= 0.6 is 0 Å². The summed E-state index contributed by atoms with van der Waals surface area (Å²) in [6.45, 7) is 3.32. The zero-order valence-corrected chi connectivity index (χ0v) is 22.1. The maximum absolute atomic E-state index is 13.7. The number of benzene rings is 1. The monoisotopic (exact) mass is 525 g/mol. The van der Waals surface area contributed by atoms with E-state index in [1.54, 1.807) is 24.3 Å². The van der Waals surface area contributed by atoms with Crippen LogP contribution in [0.25, 0.3) is 0 Å². The average molecular weight is 526 g/mol. The van der Waals surface area contributed by atoms with Crippen LogP contribution in [0.3, 0.4) is 0 Å². The number of H-pyrrole nitrogens is 1. The van der Waals surface area contributed by atoms with Crippen molar-refractivity contribution in [3.05, 3.63) is 54.1 Å². The lowest BCUT2D eigenvalue weighted by atomic mass is 9.72. The van der Waals surface area contributed by atoms with Gasteiger partial charge in [-0.15, -0.1) is 0 Å². The van der Waals surface area contributed by atoms with Crippen molar-refractivity contribution < 1.29 is 23.9 Å². The Morgan fingerprint density at radius 3 is 2.53 bits per heavy atom. The Balaban J connectivity index is 1.41. The minimum Gasteiger partial charge on any atom is -0.435 e. The summed E-state index contributed by atoms with van der Waals surface area (Å²) in [5, 5.41) is 5.70. The van der Waals surface area contributed by atoms with E-state index < -0.39 is 23.8 Å². The summed E-state index contributed by atoms with van der Waals surface area (Å²) in [6, 6.07) is 8.03. The van der Waals surface area contributed by atoms with Crippen LogP contribution in [-0.4, -0.2) is 64.8 Å². The summed E-state index contributed by atoms with van der Waals surface area (Å²) in [5.41, 5.74) is 1.01. The molecule has 2 fully saturated rings. The van der Waals surface area contributed by atoms with Gasteiger partial charge in [0.15, 0.2) is 0 Å². The number of imidazole rings is 1. The number of amides is 3. The Bertz CT molecular complexity index is 1030. The van der Waals surface area contributed by atoms with Gasteiger partial charge < -0.3 is 30.0 Å². The van der Waals surface area contributed by atoms with Crippen LogP contribution in [0.4, 0.5) is 9.59 Å². The first kappa shape index (κ1) is 27.5. The molecule has 2 heterocycles. The van der Waals surface area contributed by atoms with Crippen LogP contribution in [0, 0.1) is 5.92 Å². The molecule has 4 rings (SSSR count). The quantitative estimate of drug-likeness (QED) is 0.423. The lowest BCUT2D eigenvalue weighted by Gasteiger charge is -2.47. The highest BCUT2D eigenvalue weighted by molar-refractivity contribution is 5.88. The van der Waals surface area contributed by atoms with Crippen LogP contribution in [0.1, 0.15) is 69.2 Å². The van der Waals surface area contributed by atoms with Gasteiger partial charge in [0.25, 0.3) is 0 Å². The Morgan fingerprint density at radius 2 is 1.87 bits per heavy atom. The van der Waals surface area contributed by atoms with Crippen molar-refractivity contribution in [1.82, 2.24) is 25.5 Å². The van der Waals surface area contributed by atoms with Gasteiger partial charge in [-0.1, -0.05) is 49.6 Å². The minimum absolute atomic E-state index is 0.173. The van der Waals surface area contributed by atoms with Crippen molar-refractivity contribution >= 4 is 18.1 Å². The standard InChI is InChI=1S/C28H39N5O5/c1-2-37-27(36)38-28(22-11-7-4-8-12-22)14-17-33(18-15-28)25(34)24(21-9-5-3-6-10-21)32-26(35)30-16-13-23-19-29-20-31-23/h3,5-6,9-10,19-20,22,24H,2,4,7-8,11-18H2,1H3,(H,29,31)(H2,30,32,35). The van der Waals surface area contributed by atoms with Gasteiger partial charge in [0.05, 0.1) is 12.9 Å². The molecule has 10 heteroatoms. The number of carbonyl (C=O) groups excluding carboxylic acids is 3. The number of piperidine rings is 1. The van der Waals surface area contributed by atoms with E-state index in [1.807, 2.05) is 30.3 Å². The lowest BCUT2D eigenvalue weighted by molar-refractivity contribution is -0.143. The van der Waals surface area contributed by atoms with Gasteiger partial charge >= 0.3 is 12.2 Å². The van der Waals surface area contributed by atoms with Crippen molar-refractivity contribution in [3.8, 4) is 0 Å². The molecular weight excluding hydrogens is 486 g/mol. The number of nitrogens with one attached hydrogen (secondary N) is 3. The summed E-state index contributed by atoms with van der Waals surface area (Å²) in [6.07, 6.45) is 9.87. The maximum atomic E-state index is 13.7. The van der Waals surface area contributed by atoms with E-state index in [1.165, 1.54) is 6.42 Å². The van der Waals surface area contributed by atoms with E-state index in [4.69, 9.17) is 9.47 Å². The molecule has 3 N–H and O–H groups in total. The van der Waals surface area contributed by atoms with E-state index in [-0.39, 0.29) is 18.4 Å². The van der Waals surface area contributed by atoms with E-state index in [0.717, 1.165) is 31.4 Å². The third-order valence-electron chi connectivity index (χ3n) is 7.71. The fourth-order valence-corrected chi connectivity index (χ4v) is 5.67. The number of carbonyl (C=O) groups is 3. The smallest absolute Gasteiger partial charge is 0.435 e. The van der Waals surface area contributed by atoms with Gasteiger partial charge in [0.1, 0.15) is 11.6 Å². The Labute approximate surface area is 223 Å². The van der Waals surface area contributed by atoms with E-state index >= 15 is 0 Å². The summed E-state index contributed by atoms with van der Waals surface area (Å²) in [7, 11) is 0. The molecule has 3 amide bonds. The second kappa shape index (κ2) is 13.3. The molecule has 1 saturated carbocycles. The number of urea groups is 1. The molecule has 1 aromatic heterocycles. The summed E-state index contributed by atoms with van der Waals surface area (Å²) < 4.78 is 11.1. The minimum atomic E-state index is -0.823. The van der Waals surface area contributed by atoms with Crippen LogP contribution in [0.15, 0.2) is 42.9 Å². The van der Waals surface area contributed by atoms with Crippen molar-refractivity contribution in [2.24, 2.45) is 5.92 Å². The highest BCUT2D eigenvalue weighted by Gasteiger charge is 2.47. The Hall–Kier alpha value is -3.56. The molecular formula is C28H39N5O5. The van der Waals surface area contributed by atoms with Gasteiger partial charge in [-0.05, 0) is 31.2 Å². The Kier molecular flexibility index (Phi) is 9.62. The van der Waals surface area contributed by atoms with Crippen molar-refractivity contribution in [3.63, 3.8) is 0 Å². The van der Waals surface area contributed by atoms with Gasteiger partial charge in [-0.3, -0.25) is 4.79 Å². The number of likely N-dealkylation sites (tertiary alicyclic amines) is 1. The van der Waals surface area contributed by atoms with Crippen molar-refractivity contribution in [2.45, 2.75) is 69.9 Å². The number of hydrogen-bond donors (Lipinski definition) is 3. The highest BCUT2D eigenvalue weighted by Crippen LogP contribution is 2.42. The average Bonchev–Trinajstić information content (AvgIpc) is 3.46. The molecule has 1 aromatic carbocycles. The number of hydrogen-bond acceptors (Lipinski definition) is 6. The normalized spacial score (nSPS) is 18.3. The van der Waals surface area contributed by atoms with Crippen molar-refractivity contribution in [1.29, 1.82) is 0 Å². The molecule has 1 saturated heterocycles. The first-order valence-corrected chi connectivity index (χ1v) is 13.7. The summed E-state index contributed by atoms with van der Waals surface area (Å²) in [5.74, 6) is 0.0925. The topological polar surface area (TPSA) is 126 Å². The molecule has 0 spiro atoms. The fraction of sp³-hybridized carbons (Fsp3) is 0.571. The molecule has 1 unspecified atom stereocenters. The molecule has 0 radical (unpaired) electrons. The van der Waals surface area contributed by atoms with E-state index in [0.29, 0.717) is 44.5 Å². The molecule has 38 heavy (non-hydrogen) atoms. The fourth-order valence-electron chi connectivity index (χ4n) is 5.67. The maximum Gasteiger partial charge on any atom is 0.508 e. The molecule has 0 bridgehead atoms. The number of rotatable bonds is 9. The molecule has 206 valence electrons. The SMILES string of the molecule is CCOC(=O)OC1(C2CCCCC2)CCN(C(=O)C(NC(=O)NCCc2cnc[nH]2)c2ccccc2)CC1. The van der Waals surface area contributed by atoms with E-state index in [9.17, 15) is 14.4 Å². The number of nitrogens with zero attached hydrogens (tertiary/aromatic N) is 2. The molecule has 2 aliphatic rings. The molecule has 1 aliphatic carbocycles. The number of ether oxygens (including phenoxy) is 2. The second-order valence-corrected chi connectivity index (χ2v) is 10.1. The number of aromatic amines is 1. The third kappa shape index (κ3) is 7.05. The predicted molar refractivity (Wildman–Crippen MR) is 141 cm³/mol. The molecule has 1 atom stereocenters. The number of aromatic nitrogens is 2. The van der Waals surface area contributed by atoms with Crippen molar-refractivity contribution in [2.75, 3.05) is 26.2 Å². The molecule has 2 aromatic rings. The van der Waals surface area contributed by atoms with Crippen LogP contribution in [0.2, 0.25) is 0 Å². The largest absolute Gasteiger partial charge is 0.508 e. The summed E-state index contributed by atoms with van der Waals surface area (Å²) >= 11 is 0. The van der Waals surface area contributed by atoms with Crippen LogP contribution in [0.5, 0.6) is 0 Å². The predicted octanol–water partition coefficient (Wildman–Crippen LogP) is 4.11. The zero-order chi connectivity index (χ0) is 26.8. The third-order valence-corrected chi connectivity index (χ3v) is 7.71. The zero-order valence-electron chi connectivity index (χ0n) is 22.1. The first-order chi connectivity index (χ1) is 18.5. The Morgan fingerprint density at radius 1 is 1.13 bits per heavy atom. The lowest BCUT2D eigenvalue weighted by Crippen LogP contribution is -2.55. The van der Waals surface area contributed by atoms with Crippen LogP contribution < -0.4 is 10.6 Å². The van der Waals surface area contributed by atoms with Gasteiger partial charge in [-0.2, -0.15) is 0 Å². The van der Waals surface area contributed by atoms with E-state index in [2.05, 4.69) is 20.6 Å². The second-order valence-electron chi connectivity index (χ2n) is 10.1. The van der Waals surface area contributed by atoms with Crippen LogP contribution in [-0.2, 0) is 20.7 Å². The first-order valence-electron chi connectivity index (χ1n) is 13.7.